The minimum atomic E-state index is -1.18. The van der Waals surface area contributed by atoms with Gasteiger partial charge in [0, 0.05) is 9.49 Å². The molecule has 0 aromatic heterocycles. The van der Waals surface area contributed by atoms with E-state index in [1.54, 1.807) is 11.8 Å². The van der Waals surface area contributed by atoms with Crippen LogP contribution in [0, 0.1) is 0 Å². The van der Waals surface area contributed by atoms with Gasteiger partial charge in [-0.15, -0.1) is 11.8 Å². The number of ether oxygens (including phenoxy) is 1. The van der Waals surface area contributed by atoms with Gasteiger partial charge in [0.05, 0.1) is 12.5 Å². The largest absolute Gasteiger partial charge is 0.481 e. The molecule has 1 heterocycles. The number of hydrogen-bond acceptors (Lipinski definition) is 6. The Bertz CT molecular complexity index is 528. The Morgan fingerprint density at radius 1 is 1.26 bits per heavy atom. The smallest absolute Gasteiger partial charge is 0.332 e. The molecular formula is C15H24N2O5S. The van der Waals surface area contributed by atoms with Gasteiger partial charge >= 0.3 is 11.9 Å². The lowest BCUT2D eigenvalue weighted by Gasteiger charge is -2.55. The average molecular weight is 344 g/mol. The predicted octanol–water partition coefficient (Wildman–Crippen LogP) is 0.653. The van der Waals surface area contributed by atoms with Gasteiger partial charge in [-0.2, -0.15) is 0 Å². The van der Waals surface area contributed by atoms with Gasteiger partial charge in [0.2, 0.25) is 5.91 Å². The Balaban J connectivity index is 1.97. The first-order valence-corrected chi connectivity index (χ1v) is 8.42. The van der Waals surface area contributed by atoms with Crippen LogP contribution in [0.15, 0.2) is 0 Å². The molecule has 23 heavy (non-hydrogen) atoms. The zero-order chi connectivity index (χ0) is 17.6. The van der Waals surface area contributed by atoms with Crippen molar-refractivity contribution in [1.29, 1.82) is 0 Å². The van der Waals surface area contributed by atoms with E-state index in [-0.39, 0.29) is 15.6 Å². The molecule has 130 valence electrons. The number of thioether (sulfide) groups is 1. The van der Waals surface area contributed by atoms with E-state index < -0.39 is 35.8 Å². The van der Waals surface area contributed by atoms with Crippen molar-refractivity contribution in [2.24, 2.45) is 5.73 Å². The van der Waals surface area contributed by atoms with Crippen LogP contribution in [-0.2, 0) is 19.1 Å². The fourth-order valence-electron chi connectivity index (χ4n) is 3.18. The van der Waals surface area contributed by atoms with Crippen molar-refractivity contribution in [2.75, 3.05) is 0 Å². The number of nitrogens with two attached hydrogens (primary N) is 1. The maximum atomic E-state index is 12.5. The van der Waals surface area contributed by atoms with Crippen molar-refractivity contribution in [1.82, 2.24) is 5.32 Å². The van der Waals surface area contributed by atoms with Gasteiger partial charge in [0.25, 0.3) is 0 Å². The van der Waals surface area contributed by atoms with Crippen LogP contribution in [0.2, 0.25) is 0 Å². The minimum Gasteiger partial charge on any atom is -0.481 e. The number of carboxylic acid groups (broad SMARTS) is 1. The van der Waals surface area contributed by atoms with Crippen LogP contribution in [-0.4, -0.2) is 50.1 Å². The molecule has 7 nitrogen and oxygen atoms in total. The van der Waals surface area contributed by atoms with Crippen molar-refractivity contribution in [3.63, 3.8) is 0 Å². The molecule has 8 heteroatoms. The molecule has 1 aliphatic carbocycles. The van der Waals surface area contributed by atoms with E-state index in [9.17, 15) is 14.4 Å². The Morgan fingerprint density at radius 3 is 2.17 bits per heavy atom. The fourth-order valence-corrected chi connectivity index (χ4v) is 5.25. The molecule has 0 unspecified atom stereocenters. The van der Waals surface area contributed by atoms with Gasteiger partial charge in [0.1, 0.15) is 11.6 Å². The normalized spacial score (nSPS) is 24.9. The molecule has 1 atom stereocenters. The highest BCUT2D eigenvalue weighted by Gasteiger charge is 2.60. The van der Waals surface area contributed by atoms with Crippen LogP contribution < -0.4 is 11.1 Å². The zero-order valence-corrected chi connectivity index (χ0v) is 14.7. The third-order valence-corrected chi connectivity index (χ3v) is 5.73. The van der Waals surface area contributed by atoms with Crippen LogP contribution in [0.4, 0.5) is 0 Å². The minimum absolute atomic E-state index is 0.168. The fraction of sp³-hybridized carbons (Fsp3) is 0.800. The van der Waals surface area contributed by atoms with Crippen molar-refractivity contribution >= 4 is 29.6 Å². The van der Waals surface area contributed by atoms with E-state index in [1.165, 1.54) is 0 Å². The molecule has 1 saturated carbocycles. The van der Waals surface area contributed by atoms with Gasteiger partial charge in [-0.3, -0.25) is 9.59 Å². The van der Waals surface area contributed by atoms with Crippen molar-refractivity contribution < 1.29 is 24.2 Å². The van der Waals surface area contributed by atoms with E-state index in [0.717, 1.165) is 0 Å². The summed E-state index contributed by atoms with van der Waals surface area (Å²) >= 11 is 1.74. The maximum Gasteiger partial charge on any atom is 0.332 e. The van der Waals surface area contributed by atoms with Crippen LogP contribution in [0.5, 0.6) is 0 Å². The molecule has 0 aromatic rings. The molecule has 0 radical (unpaired) electrons. The molecule has 1 amide bonds. The Labute approximate surface area is 139 Å². The summed E-state index contributed by atoms with van der Waals surface area (Å²) in [5.74, 6) is -2.25. The SMILES string of the molecule is CC1(C)SC(C)(C)C1OC(=O)C1(NC(=O)[C@@H](N)CC(=O)O)CC1. The van der Waals surface area contributed by atoms with Crippen LogP contribution >= 0.6 is 11.8 Å². The van der Waals surface area contributed by atoms with Gasteiger partial charge in [-0.25, -0.2) is 4.79 Å². The molecule has 2 rings (SSSR count). The summed E-state index contributed by atoms with van der Waals surface area (Å²) in [7, 11) is 0. The molecule has 4 N–H and O–H groups in total. The number of rotatable bonds is 6. The number of hydrogen-bond donors (Lipinski definition) is 3. The van der Waals surface area contributed by atoms with Gasteiger partial charge in [-0.05, 0) is 40.5 Å². The molecule has 1 aliphatic heterocycles. The molecular weight excluding hydrogens is 320 g/mol. The molecule has 2 aliphatic rings. The Kier molecular flexibility index (Phi) is 4.45. The number of carboxylic acids is 1. The highest BCUT2D eigenvalue weighted by Crippen LogP contribution is 2.56. The Morgan fingerprint density at radius 2 is 1.78 bits per heavy atom. The van der Waals surface area contributed by atoms with E-state index in [1.807, 2.05) is 27.7 Å². The van der Waals surface area contributed by atoms with Gasteiger partial charge < -0.3 is 20.9 Å². The van der Waals surface area contributed by atoms with E-state index in [0.29, 0.717) is 12.8 Å². The molecule has 0 spiro atoms. The topological polar surface area (TPSA) is 119 Å². The van der Waals surface area contributed by atoms with Crippen LogP contribution in [0.1, 0.15) is 47.0 Å². The predicted molar refractivity (Wildman–Crippen MR) is 86.0 cm³/mol. The van der Waals surface area contributed by atoms with E-state index >= 15 is 0 Å². The number of carbonyl (C=O) groups excluding carboxylic acids is 2. The standard InChI is InChI=1S/C15H24N2O5S/c1-13(2)11(14(3,4)23-13)22-12(21)15(5-6-15)17-10(20)8(16)7-9(18)19/h8,11H,5-7,16H2,1-4H3,(H,17,20)(H,18,19)/t8-/m0/s1. The van der Waals surface area contributed by atoms with Crippen LogP contribution in [0.3, 0.4) is 0 Å². The number of aliphatic carboxylic acids is 1. The summed E-state index contributed by atoms with van der Waals surface area (Å²) in [6.45, 7) is 8.06. The van der Waals surface area contributed by atoms with Crippen molar-refractivity contribution in [3.8, 4) is 0 Å². The van der Waals surface area contributed by atoms with Crippen molar-refractivity contribution in [3.05, 3.63) is 0 Å². The summed E-state index contributed by atoms with van der Waals surface area (Å²) in [6.07, 6.45) is 0.251. The number of carbonyl (C=O) groups is 3. The second-order valence-corrected chi connectivity index (χ2v) is 9.68. The van der Waals surface area contributed by atoms with Gasteiger partial charge in [-0.1, -0.05) is 0 Å². The average Bonchev–Trinajstić information content (AvgIpc) is 3.14. The summed E-state index contributed by atoms with van der Waals surface area (Å²) < 4.78 is 5.34. The van der Waals surface area contributed by atoms with Crippen molar-refractivity contribution in [2.45, 2.75) is 74.1 Å². The van der Waals surface area contributed by atoms with Crippen LogP contribution in [0.25, 0.3) is 0 Å². The zero-order valence-electron chi connectivity index (χ0n) is 13.8. The van der Waals surface area contributed by atoms with E-state index in [2.05, 4.69) is 5.32 Å². The molecule has 0 bridgehead atoms. The summed E-state index contributed by atoms with van der Waals surface area (Å²) in [5.41, 5.74) is 4.49. The number of esters is 1. The summed E-state index contributed by atoms with van der Waals surface area (Å²) in [6, 6.07) is -1.18. The second kappa shape index (κ2) is 5.66. The number of amides is 1. The Hall–Kier alpha value is -1.28. The highest BCUT2D eigenvalue weighted by molar-refractivity contribution is 8.03. The molecule has 0 aromatic carbocycles. The lowest BCUT2D eigenvalue weighted by molar-refractivity contribution is -0.158. The summed E-state index contributed by atoms with van der Waals surface area (Å²) in [5, 5.41) is 11.2. The monoisotopic (exact) mass is 344 g/mol. The maximum absolute atomic E-state index is 12.5. The third kappa shape index (κ3) is 3.63. The van der Waals surface area contributed by atoms with E-state index in [4.69, 9.17) is 15.6 Å². The van der Waals surface area contributed by atoms with Gasteiger partial charge in [0.15, 0.2) is 0 Å². The number of nitrogens with one attached hydrogen (secondary N) is 1. The molecule has 2 fully saturated rings. The highest BCUT2D eigenvalue weighted by atomic mass is 32.2. The lowest BCUT2D eigenvalue weighted by atomic mass is 9.92. The molecule has 1 saturated heterocycles. The first-order valence-electron chi connectivity index (χ1n) is 7.60. The first kappa shape index (κ1) is 18.1. The first-order chi connectivity index (χ1) is 10.4. The second-order valence-electron chi connectivity index (χ2n) is 7.37. The quantitative estimate of drug-likeness (QED) is 0.605. The lowest BCUT2D eigenvalue weighted by Crippen LogP contribution is -2.62. The third-order valence-electron chi connectivity index (χ3n) is 4.25. The summed E-state index contributed by atoms with van der Waals surface area (Å²) in [4.78, 5) is 35.0.